The SMILES string of the molecule is CC(C)(C)C(CN)NC(=O)c1ccc(Br)cc1. The van der Waals surface area contributed by atoms with E-state index in [9.17, 15) is 4.79 Å². The summed E-state index contributed by atoms with van der Waals surface area (Å²) in [7, 11) is 0. The lowest BCUT2D eigenvalue weighted by atomic mass is 9.86. The van der Waals surface area contributed by atoms with Gasteiger partial charge in [0.25, 0.3) is 5.91 Å². The van der Waals surface area contributed by atoms with Crippen LogP contribution in [0.4, 0.5) is 0 Å². The van der Waals surface area contributed by atoms with Crippen molar-refractivity contribution in [3.63, 3.8) is 0 Å². The second-order valence-corrected chi connectivity index (χ2v) is 6.05. The molecule has 0 aromatic heterocycles. The van der Waals surface area contributed by atoms with Crippen LogP contribution >= 0.6 is 15.9 Å². The van der Waals surface area contributed by atoms with Crippen LogP contribution in [0.2, 0.25) is 0 Å². The first kappa shape index (κ1) is 14.2. The molecule has 0 fully saturated rings. The first-order chi connectivity index (χ1) is 7.84. The van der Waals surface area contributed by atoms with Gasteiger partial charge in [0.15, 0.2) is 0 Å². The first-order valence-electron chi connectivity index (χ1n) is 5.61. The molecule has 0 heterocycles. The van der Waals surface area contributed by atoms with Gasteiger partial charge in [0.2, 0.25) is 0 Å². The van der Waals surface area contributed by atoms with Gasteiger partial charge in [-0.05, 0) is 29.7 Å². The van der Waals surface area contributed by atoms with E-state index in [1.165, 1.54) is 0 Å². The third-order valence-electron chi connectivity index (χ3n) is 2.69. The average Bonchev–Trinajstić information content (AvgIpc) is 2.24. The van der Waals surface area contributed by atoms with Crippen LogP contribution in [0.3, 0.4) is 0 Å². The highest BCUT2D eigenvalue weighted by Crippen LogP contribution is 2.19. The Hall–Kier alpha value is -0.870. The molecule has 0 spiro atoms. The Balaban J connectivity index is 2.75. The molecule has 0 aliphatic heterocycles. The van der Waals surface area contributed by atoms with E-state index in [1.807, 2.05) is 12.1 Å². The largest absolute Gasteiger partial charge is 0.348 e. The smallest absolute Gasteiger partial charge is 0.251 e. The highest BCUT2D eigenvalue weighted by molar-refractivity contribution is 9.10. The molecule has 0 radical (unpaired) electrons. The number of nitrogens with one attached hydrogen (secondary N) is 1. The number of benzene rings is 1. The quantitative estimate of drug-likeness (QED) is 0.901. The van der Waals surface area contributed by atoms with Crippen LogP contribution in [0, 0.1) is 5.41 Å². The summed E-state index contributed by atoms with van der Waals surface area (Å²) >= 11 is 3.34. The molecule has 0 saturated carbocycles. The zero-order chi connectivity index (χ0) is 13.1. The van der Waals surface area contributed by atoms with Crippen molar-refractivity contribution in [3.05, 3.63) is 34.3 Å². The zero-order valence-electron chi connectivity index (χ0n) is 10.5. The third kappa shape index (κ3) is 4.13. The topological polar surface area (TPSA) is 55.1 Å². The molecule has 0 aliphatic carbocycles. The molecule has 1 rings (SSSR count). The first-order valence-corrected chi connectivity index (χ1v) is 6.40. The number of rotatable bonds is 3. The van der Waals surface area contributed by atoms with Crippen molar-refractivity contribution < 1.29 is 4.79 Å². The number of hydrogen-bond donors (Lipinski definition) is 2. The fourth-order valence-electron chi connectivity index (χ4n) is 1.47. The molecule has 4 heteroatoms. The normalized spacial score (nSPS) is 13.2. The van der Waals surface area contributed by atoms with Gasteiger partial charge in [0.1, 0.15) is 0 Å². The van der Waals surface area contributed by atoms with Gasteiger partial charge in [0, 0.05) is 22.6 Å². The summed E-state index contributed by atoms with van der Waals surface area (Å²) in [5.74, 6) is -0.0807. The molecule has 17 heavy (non-hydrogen) atoms. The van der Waals surface area contributed by atoms with E-state index in [1.54, 1.807) is 12.1 Å². The van der Waals surface area contributed by atoms with Crippen LogP contribution in [-0.4, -0.2) is 18.5 Å². The number of carbonyl (C=O) groups excluding carboxylic acids is 1. The maximum absolute atomic E-state index is 12.0. The molecule has 1 unspecified atom stereocenters. The number of hydrogen-bond acceptors (Lipinski definition) is 2. The highest BCUT2D eigenvalue weighted by atomic mass is 79.9. The molecule has 0 saturated heterocycles. The Kier molecular flexibility index (Phi) is 4.71. The van der Waals surface area contributed by atoms with Crippen LogP contribution in [-0.2, 0) is 0 Å². The van der Waals surface area contributed by atoms with Crippen LogP contribution in [0.1, 0.15) is 31.1 Å². The van der Waals surface area contributed by atoms with Gasteiger partial charge >= 0.3 is 0 Å². The molecule has 94 valence electrons. The van der Waals surface area contributed by atoms with E-state index >= 15 is 0 Å². The fraction of sp³-hybridized carbons (Fsp3) is 0.462. The molecule has 1 aromatic carbocycles. The van der Waals surface area contributed by atoms with Gasteiger partial charge in [-0.2, -0.15) is 0 Å². The van der Waals surface area contributed by atoms with E-state index < -0.39 is 0 Å². The fourth-order valence-corrected chi connectivity index (χ4v) is 1.74. The maximum Gasteiger partial charge on any atom is 0.251 e. The molecule has 1 amide bonds. The van der Waals surface area contributed by atoms with Crippen LogP contribution in [0.25, 0.3) is 0 Å². The summed E-state index contributed by atoms with van der Waals surface area (Å²) in [4.78, 5) is 12.0. The average molecular weight is 299 g/mol. The molecule has 0 aliphatic rings. The number of carbonyl (C=O) groups is 1. The maximum atomic E-state index is 12.0. The molecule has 1 atom stereocenters. The minimum atomic E-state index is -0.0807. The number of amides is 1. The summed E-state index contributed by atoms with van der Waals surface area (Å²) in [6, 6.07) is 7.25. The molecule has 3 N–H and O–H groups in total. The highest BCUT2D eigenvalue weighted by Gasteiger charge is 2.25. The minimum Gasteiger partial charge on any atom is -0.348 e. The van der Waals surface area contributed by atoms with Crippen molar-refractivity contribution in [1.82, 2.24) is 5.32 Å². The molecule has 1 aromatic rings. The van der Waals surface area contributed by atoms with Crippen molar-refractivity contribution >= 4 is 21.8 Å². The van der Waals surface area contributed by atoms with E-state index in [4.69, 9.17) is 5.73 Å². The standard InChI is InChI=1S/C13H19BrN2O/c1-13(2,3)11(8-15)16-12(17)9-4-6-10(14)7-5-9/h4-7,11H,8,15H2,1-3H3,(H,16,17). The predicted molar refractivity (Wildman–Crippen MR) is 73.9 cm³/mol. The van der Waals surface area contributed by atoms with E-state index in [-0.39, 0.29) is 17.4 Å². The monoisotopic (exact) mass is 298 g/mol. The molecule has 3 nitrogen and oxygen atoms in total. The second kappa shape index (κ2) is 5.65. The van der Waals surface area contributed by atoms with Gasteiger partial charge in [-0.3, -0.25) is 4.79 Å². The van der Waals surface area contributed by atoms with E-state index in [0.717, 1.165) is 4.47 Å². The zero-order valence-corrected chi connectivity index (χ0v) is 12.0. The lowest BCUT2D eigenvalue weighted by molar-refractivity contribution is 0.0905. The Bertz CT molecular complexity index is 381. The Labute approximate surface area is 111 Å². The van der Waals surface area contributed by atoms with Crippen molar-refractivity contribution in [3.8, 4) is 0 Å². The van der Waals surface area contributed by atoms with Crippen molar-refractivity contribution in [2.75, 3.05) is 6.54 Å². The predicted octanol–water partition coefficient (Wildman–Crippen LogP) is 2.55. The Morgan fingerprint density at radius 1 is 1.35 bits per heavy atom. The van der Waals surface area contributed by atoms with Gasteiger partial charge in [-0.15, -0.1) is 0 Å². The second-order valence-electron chi connectivity index (χ2n) is 5.13. The lowest BCUT2D eigenvalue weighted by Gasteiger charge is -2.30. The summed E-state index contributed by atoms with van der Waals surface area (Å²) < 4.78 is 0.959. The Morgan fingerprint density at radius 2 is 1.88 bits per heavy atom. The molecular formula is C13H19BrN2O. The van der Waals surface area contributed by atoms with E-state index in [2.05, 4.69) is 42.0 Å². The van der Waals surface area contributed by atoms with Crippen LogP contribution in [0.5, 0.6) is 0 Å². The van der Waals surface area contributed by atoms with Crippen molar-refractivity contribution in [2.24, 2.45) is 11.1 Å². The lowest BCUT2D eigenvalue weighted by Crippen LogP contribution is -2.48. The number of nitrogens with two attached hydrogens (primary N) is 1. The van der Waals surface area contributed by atoms with Crippen molar-refractivity contribution in [2.45, 2.75) is 26.8 Å². The minimum absolute atomic E-state index is 0.0290. The third-order valence-corrected chi connectivity index (χ3v) is 3.22. The number of halogens is 1. The summed E-state index contributed by atoms with van der Waals surface area (Å²) in [6.45, 7) is 6.62. The van der Waals surface area contributed by atoms with Gasteiger partial charge < -0.3 is 11.1 Å². The van der Waals surface area contributed by atoms with Crippen LogP contribution < -0.4 is 11.1 Å². The summed E-state index contributed by atoms with van der Waals surface area (Å²) in [6.07, 6.45) is 0. The van der Waals surface area contributed by atoms with E-state index in [0.29, 0.717) is 12.1 Å². The Morgan fingerprint density at radius 3 is 2.29 bits per heavy atom. The van der Waals surface area contributed by atoms with Crippen LogP contribution in [0.15, 0.2) is 28.7 Å². The van der Waals surface area contributed by atoms with Gasteiger partial charge in [0.05, 0.1) is 0 Å². The van der Waals surface area contributed by atoms with Gasteiger partial charge in [-0.25, -0.2) is 0 Å². The molecular weight excluding hydrogens is 280 g/mol. The summed E-state index contributed by atoms with van der Waals surface area (Å²) in [5.41, 5.74) is 6.29. The van der Waals surface area contributed by atoms with Gasteiger partial charge in [-0.1, -0.05) is 36.7 Å². The summed E-state index contributed by atoms with van der Waals surface area (Å²) in [5, 5.41) is 2.96. The molecule has 0 bridgehead atoms. The van der Waals surface area contributed by atoms with Crippen molar-refractivity contribution in [1.29, 1.82) is 0 Å².